The molecule has 0 aliphatic heterocycles. The molecule has 0 fully saturated rings. The van der Waals surface area contributed by atoms with Crippen LogP contribution >= 0.6 is 0 Å². The summed E-state index contributed by atoms with van der Waals surface area (Å²) in [6.45, 7) is 3.39. The van der Waals surface area contributed by atoms with Gasteiger partial charge < -0.3 is 10.4 Å². The van der Waals surface area contributed by atoms with Gasteiger partial charge in [0.15, 0.2) is 0 Å². The zero-order valence-corrected chi connectivity index (χ0v) is 11.1. The molecule has 0 unspecified atom stereocenters. The normalized spacial score (nSPS) is 11.1. The number of amides is 1. The molecule has 0 bridgehead atoms. The second kappa shape index (κ2) is 5.24. The summed E-state index contributed by atoms with van der Waals surface area (Å²) in [6.07, 6.45) is 0. The molecule has 0 atom stereocenters. The maximum Gasteiger partial charge on any atom is 0.255 e. The maximum absolute atomic E-state index is 12.1. The molecule has 0 aromatic heterocycles. The number of benzene rings is 2. The van der Waals surface area contributed by atoms with Crippen molar-refractivity contribution in [1.82, 2.24) is 0 Å². The Balaban J connectivity index is 2.20. The second-order valence-corrected chi connectivity index (χ2v) is 4.96. The van der Waals surface area contributed by atoms with E-state index >= 15 is 0 Å². The van der Waals surface area contributed by atoms with Crippen molar-refractivity contribution in [1.29, 1.82) is 0 Å². The Morgan fingerprint density at radius 1 is 1.05 bits per heavy atom. The molecule has 0 spiro atoms. The lowest BCUT2D eigenvalue weighted by Gasteiger charge is -2.18. The molecular formula is C16H17NO2. The van der Waals surface area contributed by atoms with Crippen molar-refractivity contribution in [3.05, 3.63) is 65.7 Å². The number of rotatable bonds is 3. The first kappa shape index (κ1) is 13.3. The Labute approximate surface area is 112 Å². The van der Waals surface area contributed by atoms with Crippen molar-refractivity contribution in [3.63, 3.8) is 0 Å². The van der Waals surface area contributed by atoms with Gasteiger partial charge in [-0.05, 0) is 43.7 Å². The third-order valence-electron chi connectivity index (χ3n) is 2.86. The van der Waals surface area contributed by atoms with Crippen LogP contribution in [0.4, 0.5) is 5.69 Å². The van der Waals surface area contributed by atoms with Crippen molar-refractivity contribution in [2.24, 2.45) is 0 Å². The van der Waals surface area contributed by atoms with E-state index in [0.717, 1.165) is 5.69 Å². The van der Waals surface area contributed by atoms with Gasteiger partial charge in [-0.1, -0.05) is 30.3 Å². The third-order valence-corrected chi connectivity index (χ3v) is 2.86. The standard InChI is InChI=1S/C16H17NO2/c1-16(2,19)13-8-6-7-12(11-13)15(18)17-14-9-4-3-5-10-14/h3-11,19H,1-2H3,(H,17,18). The smallest absolute Gasteiger partial charge is 0.255 e. The van der Waals surface area contributed by atoms with Crippen LogP contribution in [0.1, 0.15) is 29.8 Å². The van der Waals surface area contributed by atoms with Crippen molar-refractivity contribution in [2.75, 3.05) is 5.32 Å². The number of carbonyl (C=O) groups excluding carboxylic acids is 1. The minimum atomic E-state index is -0.955. The summed E-state index contributed by atoms with van der Waals surface area (Å²) < 4.78 is 0. The van der Waals surface area contributed by atoms with Crippen LogP contribution in [0.2, 0.25) is 0 Å². The van der Waals surface area contributed by atoms with Gasteiger partial charge in [0.05, 0.1) is 5.60 Å². The second-order valence-electron chi connectivity index (χ2n) is 4.96. The Hall–Kier alpha value is -2.13. The molecule has 0 aliphatic carbocycles. The van der Waals surface area contributed by atoms with E-state index in [2.05, 4.69) is 5.32 Å². The molecule has 2 aromatic rings. The molecule has 3 nitrogen and oxygen atoms in total. The molecule has 2 N–H and O–H groups in total. The van der Waals surface area contributed by atoms with Gasteiger partial charge in [0.2, 0.25) is 0 Å². The Morgan fingerprint density at radius 3 is 2.37 bits per heavy atom. The SMILES string of the molecule is CC(C)(O)c1cccc(C(=O)Nc2ccccc2)c1. The summed E-state index contributed by atoms with van der Waals surface area (Å²) in [5.41, 5.74) is 1.04. The highest BCUT2D eigenvalue weighted by atomic mass is 16.3. The highest BCUT2D eigenvalue weighted by molar-refractivity contribution is 6.04. The van der Waals surface area contributed by atoms with Crippen LogP contribution in [-0.4, -0.2) is 11.0 Å². The summed E-state index contributed by atoms with van der Waals surface area (Å²) in [5.74, 6) is -0.183. The van der Waals surface area contributed by atoms with Crippen molar-refractivity contribution in [3.8, 4) is 0 Å². The first-order chi connectivity index (χ1) is 8.97. The first-order valence-electron chi connectivity index (χ1n) is 6.16. The molecule has 1 amide bonds. The molecular weight excluding hydrogens is 238 g/mol. The van der Waals surface area contributed by atoms with Crippen molar-refractivity contribution >= 4 is 11.6 Å². The zero-order chi connectivity index (χ0) is 13.9. The van der Waals surface area contributed by atoms with Crippen LogP contribution in [0.5, 0.6) is 0 Å². The van der Waals surface area contributed by atoms with Gasteiger partial charge in [0, 0.05) is 11.3 Å². The molecule has 98 valence electrons. The maximum atomic E-state index is 12.1. The summed E-state index contributed by atoms with van der Waals surface area (Å²) >= 11 is 0. The van der Waals surface area contributed by atoms with Gasteiger partial charge in [-0.3, -0.25) is 4.79 Å². The molecule has 2 aromatic carbocycles. The topological polar surface area (TPSA) is 49.3 Å². The van der Waals surface area contributed by atoms with Gasteiger partial charge in [-0.25, -0.2) is 0 Å². The molecule has 2 rings (SSSR count). The minimum Gasteiger partial charge on any atom is -0.386 e. The highest BCUT2D eigenvalue weighted by Gasteiger charge is 2.17. The summed E-state index contributed by atoms with van der Waals surface area (Å²) in [6, 6.07) is 16.3. The zero-order valence-electron chi connectivity index (χ0n) is 11.1. The first-order valence-corrected chi connectivity index (χ1v) is 6.16. The van der Waals surface area contributed by atoms with Crippen molar-refractivity contribution < 1.29 is 9.90 Å². The van der Waals surface area contributed by atoms with E-state index < -0.39 is 5.60 Å². The quantitative estimate of drug-likeness (QED) is 0.885. The van der Waals surface area contributed by atoms with E-state index in [1.165, 1.54) is 0 Å². The fourth-order valence-corrected chi connectivity index (χ4v) is 1.77. The number of hydrogen-bond acceptors (Lipinski definition) is 2. The van der Waals surface area contributed by atoms with Crippen LogP contribution in [0.15, 0.2) is 54.6 Å². The molecule has 0 aliphatic rings. The van der Waals surface area contributed by atoms with Gasteiger partial charge in [-0.15, -0.1) is 0 Å². The fraction of sp³-hybridized carbons (Fsp3) is 0.188. The predicted molar refractivity (Wildman–Crippen MR) is 76.1 cm³/mol. The number of para-hydroxylation sites is 1. The summed E-state index contributed by atoms with van der Waals surface area (Å²) in [4.78, 5) is 12.1. The van der Waals surface area contributed by atoms with Gasteiger partial charge >= 0.3 is 0 Å². The Morgan fingerprint density at radius 2 is 1.74 bits per heavy atom. The number of anilines is 1. The van der Waals surface area contributed by atoms with Crippen LogP contribution in [0.3, 0.4) is 0 Å². The Kier molecular flexibility index (Phi) is 3.67. The third kappa shape index (κ3) is 3.42. The molecule has 3 heteroatoms. The van der Waals surface area contributed by atoms with E-state index in [4.69, 9.17) is 0 Å². The average Bonchev–Trinajstić information content (AvgIpc) is 2.39. The van der Waals surface area contributed by atoms with E-state index in [9.17, 15) is 9.90 Å². The molecule has 19 heavy (non-hydrogen) atoms. The van der Waals surface area contributed by atoms with Crippen LogP contribution < -0.4 is 5.32 Å². The lowest BCUT2D eigenvalue weighted by Crippen LogP contribution is -2.17. The van der Waals surface area contributed by atoms with E-state index in [-0.39, 0.29) is 5.91 Å². The number of carbonyl (C=O) groups is 1. The van der Waals surface area contributed by atoms with Crippen molar-refractivity contribution in [2.45, 2.75) is 19.4 Å². The van der Waals surface area contributed by atoms with E-state index in [0.29, 0.717) is 11.1 Å². The predicted octanol–water partition coefficient (Wildman–Crippen LogP) is 3.17. The fourth-order valence-electron chi connectivity index (χ4n) is 1.77. The molecule has 0 radical (unpaired) electrons. The molecule has 0 saturated heterocycles. The van der Waals surface area contributed by atoms with Crippen LogP contribution in [0.25, 0.3) is 0 Å². The van der Waals surface area contributed by atoms with E-state index in [1.54, 1.807) is 38.1 Å². The molecule has 0 heterocycles. The largest absolute Gasteiger partial charge is 0.386 e. The number of aliphatic hydroxyl groups is 1. The number of hydrogen-bond donors (Lipinski definition) is 2. The van der Waals surface area contributed by atoms with Crippen LogP contribution in [-0.2, 0) is 5.60 Å². The van der Waals surface area contributed by atoms with E-state index in [1.807, 2.05) is 30.3 Å². The van der Waals surface area contributed by atoms with Crippen LogP contribution in [0, 0.1) is 0 Å². The summed E-state index contributed by atoms with van der Waals surface area (Å²) in [5, 5.41) is 12.8. The van der Waals surface area contributed by atoms with Gasteiger partial charge in [0.1, 0.15) is 0 Å². The lowest BCUT2D eigenvalue weighted by molar-refractivity contribution is 0.0785. The number of nitrogens with one attached hydrogen (secondary N) is 1. The summed E-state index contributed by atoms with van der Waals surface area (Å²) in [7, 11) is 0. The monoisotopic (exact) mass is 255 g/mol. The lowest BCUT2D eigenvalue weighted by atomic mass is 9.96. The van der Waals surface area contributed by atoms with Gasteiger partial charge in [0.25, 0.3) is 5.91 Å². The molecule has 0 saturated carbocycles. The van der Waals surface area contributed by atoms with Gasteiger partial charge in [-0.2, -0.15) is 0 Å². The Bertz CT molecular complexity index is 571. The minimum absolute atomic E-state index is 0.183. The highest BCUT2D eigenvalue weighted by Crippen LogP contribution is 2.20. The average molecular weight is 255 g/mol.